The van der Waals surface area contributed by atoms with Crippen LogP contribution in [0.1, 0.15) is 18.1 Å². The summed E-state index contributed by atoms with van der Waals surface area (Å²) in [6.07, 6.45) is 1.03. The lowest BCUT2D eigenvalue weighted by Gasteiger charge is -2.14. The number of hydrogen-bond donors (Lipinski definition) is 1. The molecular weight excluding hydrogens is 226 g/mol. The highest BCUT2D eigenvalue weighted by Crippen LogP contribution is 2.31. The second kappa shape index (κ2) is 5.21. The van der Waals surface area contributed by atoms with Gasteiger partial charge in [0.05, 0.1) is 14.2 Å². The zero-order valence-corrected chi connectivity index (χ0v) is 10.5. The molecule has 1 aliphatic heterocycles. The van der Waals surface area contributed by atoms with Crippen LogP contribution in [0, 0.1) is 0 Å². The molecule has 1 aliphatic rings. The van der Waals surface area contributed by atoms with E-state index in [9.17, 15) is 0 Å². The Hall–Kier alpha value is -1.22. The van der Waals surface area contributed by atoms with Crippen LogP contribution in [0.3, 0.4) is 0 Å². The molecular formula is C12H16ClNO2. The monoisotopic (exact) mass is 241 g/mol. The molecule has 3 nitrogen and oxygen atoms in total. The van der Waals surface area contributed by atoms with Crippen molar-refractivity contribution >= 4 is 5.71 Å². The van der Waals surface area contributed by atoms with Crippen LogP contribution in [0.5, 0.6) is 11.5 Å². The molecule has 0 amide bonds. The molecule has 16 heavy (non-hydrogen) atoms. The van der Waals surface area contributed by atoms with Crippen LogP contribution in [0.2, 0.25) is 0 Å². The van der Waals surface area contributed by atoms with Crippen molar-refractivity contribution in [2.45, 2.75) is 13.3 Å². The molecule has 0 atom stereocenters. The molecule has 1 heterocycles. The summed E-state index contributed by atoms with van der Waals surface area (Å²) in [5.41, 5.74) is 3.76. The van der Waals surface area contributed by atoms with Crippen LogP contribution in [0.25, 0.3) is 0 Å². The number of rotatable bonds is 2. The molecule has 4 heteroatoms. The minimum absolute atomic E-state index is 0. The summed E-state index contributed by atoms with van der Waals surface area (Å²) in [7, 11) is 3.33. The molecule has 0 spiro atoms. The molecule has 1 N–H and O–H groups in total. The van der Waals surface area contributed by atoms with Gasteiger partial charge in [0, 0.05) is 18.9 Å². The predicted molar refractivity (Wildman–Crippen MR) is 58.9 cm³/mol. The maximum atomic E-state index is 5.28. The summed E-state index contributed by atoms with van der Waals surface area (Å²) >= 11 is 0. The fourth-order valence-electron chi connectivity index (χ4n) is 1.96. The minimum Gasteiger partial charge on any atom is -1.00 e. The zero-order chi connectivity index (χ0) is 10.8. The third-order valence-corrected chi connectivity index (χ3v) is 2.80. The highest BCUT2D eigenvalue weighted by molar-refractivity contribution is 5.96. The van der Waals surface area contributed by atoms with E-state index in [1.54, 1.807) is 14.2 Å². The molecule has 1 aromatic rings. The first kappa shape index (κ1) is 12.8. The number of halogens is 1. The average molecular weight is 242 g/mol. The van der Waals surface area contributed by atoms with Gasteiger partial charge in [-0.2, -0.15) is 0 Å². The van der Waals surface area contributed by atoms with Gasteiger partial charge < -0.3 is 21.9 Å². The Balaban J connectivity index is 0.00000128. The molecule has 2 rings (SSSR count). The highest BCUT2D eigenvalue weighted by Gasteiger charge is 2.19. The first-order chi connectivity index (χ1) is 7.26. The molecule has 1 aromatic carbocycles. The Kier molecular flexibility index (Phi) is 4.19. The third-order valence-electron chi connectivity index (χ3n) is 2.80. The normalized spacial score (nSPS) is 13.3. The van der Waals surface area contributed by atoms with Gasteiger partial charge in [-0.3, -0.25) is 0 Å². The Morgan fingerprint density at radius 1 is 1.12 bits per heavy atom. The average Bonchev–Trinajstić information content (AvgIpc) is 2.28. The number of benzene rings is 1. The molecule has 0 saturated heterocycles. The number of hydrogen-bond acceptors (Lipinski definition) is 2. The summed E-state index contributed by atoms with van der Waals surface area (Å²) in [4.78, 5) is 3.35. The number of fused-ring (bicyclic) bond motifs is 1. The maximum Gasteiger partial charge on any atom is 0.178 e. The SMILES string of the molecule is COc1cc2c(cc1OC)C(C)=[NH+]CC2.[Cl-]. The number of ether oxygens (including phenoxy) is 2. The molecule has 0 unspecified atom stereocenters. The Morgan fingerprint density at radius 3 is 2.38 bits per heavy atom. The lowest BCUT2D eigenvalue weighted by molar-refractivity contribution is -0.458. The van der Waals surface area contributed by atoms with Gasteiger partial charge >= 0.3 is 0 Å². The van der Waals surface area contributed by atoms with Crippen molar-refractivity contribution in [2.75, 3.05) is 20.8 Å². The van der Waals surface area contributed by atoms with Crippen molar-refractivity contribution < 1.29 is 26.9 Å². The Bertz CT molecular complexity index is 416. The van der Waals surface area contributed by atoms with Crippen LogP contribution < -0.4 is 26.9 Å². The van der Waals surface area contributed by atoms with Crippen molar-refractivity contribution in [3.8, 4) is 11.5 Å². The van der Waals surface area contributed by atoms with E-state index in [1.165, 1.54) is 16.8 Å². The predicted octanol–water partition coefficient (Wildman–Crippen LogP) is -2.85. The molecule has 88 valence electrons. The van der Waals surface area contributed by atoms with Gasteiger partial charge in [-0.1, -0.05) is 0 Å². The standard InChI is InChI=1S/C12H15NO2.ClH/c1-8-10-7-12(15-3)11(14-2)6-9(10)4-5-13-8;/h6-7H,4-5H2,1-3H3;1H. The third kappa shape index (κ3) is 2.14. The fraction of sp³-hybridized carbons (Fsp3) is 0.417. The van der Waals surface area contributed by atoms with Crippen LogP contribution in [0.15, 0.2) is 12.1 Å². The fourth-order valence-corrected chi connectivity index (χ4v) is 1.96. The van der Waals surface area contributed by atoms with Crippen molar-refractivity contribution in [1.82, 2.24) is 0 Å². The van der Waals surface area contributed by atoms with E-state index in [-0.39, 0.29) is 12.4 Å². The van der Waals surface area contributed by atoms with Gasteiger partial charge in [-0.05, 0) is 17.7 Å². The second-order valence-electron chi connectivity index (χ2n) is 3.67. The molecule has 0 aromatic heterocycles. The molecule has 0 saturated carbocycles. The van der Waals surface area contributed by atoms with Crippen molar-refractivity contribution in [2.24, 2.45) is 0 Å². The quantitative estimate of drug-likeness (QED) is 0.605. The second-order valence-corrected chi connectivity index (χ2v) is 3.67. The first-order valence-corrected chi connectivity index (χ1v) is 5.09. The van der Waals surface area contributed by atoms with Crippen molar-refractivity contribution in [3.63, 3.8) is 0 Å². The van der Waals surface area contributed by atoms with Crippen molar-refractivity contribution in [3.05, 3.63) is 23.3 Å². The summed E-state index contributed by atoms with van der Waals surface area (Å²) in [6, 6.07) is 4.11. The Labute approximate surface area is 102 Å². The maximum absolute atomic E-state index is 5.28. The van der Waals surface area contributed by atoms with E-state index >= 15 is 0 Å². The number of methoxy groups -OCH3 is 2. The van der Waals surface area contributed by atoms with Crippen LogP contribution >= 0.6 is 0 Å². The first-order valence-electron chi connectivity index (χ1n) is 5.09. The van der Waals surface area contributed by atoms with Gasteiger partial charge in [0.2, 0.25) is 0 Å². The largest absolute Gasteiger partial charge is 1.00 e. The summed E-state index contributed by atoms with van der Waals surface area (Å²) in [6.45, 7) is 3.08. The smallest absolute Gasteiger partial charge is 0.178 e. The van der Waals surface area contributed by atoms with E-state index in [0.717, 1.165) is 24.5 Å². The Morgan fingerprint density at radius 2 is 1.75 bits per heavy atom. The van der Waals surface area contributed by atoms with E-state index in [1.807, 2.05) is 6.07 Å². The molecule has 0 fully saturated rings. The zero-order valence-electron chi connectivity index (χ0n) is 9.76. The lowest BCUT2D eigenvalue weighted by Crippen LogP contribution is -3.00. The lowest BCUT2D eigenvalue weighted by atomic mass is 9.97. The van der Waals surface area contributed by atoms with Gasteiger partial charge in [-0.25, -0.2) is 4.99 Å². The van der Waals surface area contributed by atoms with E-state index in [4.69, 9.17) is 9.47 Å². The summed E-state index contributed by atoms with van der Waals surface area (Å²) in [5, 5.41) is 0. The van der Waals surface area contributed by atoms with E-state index in [2.05, 4.69) is 18.0 Å². The molecule has 0 aliphatic carbocycles. The van der Waals surface area contributed by atoms with Gasteiger partial charge in [0.15, 0.2) is 17.2 Å². The van der Waals surface area contributed by atoms with Crippen LogP contribution in [-0.2, 0) is 6.42 Å². The minimum atomic E-state index is 0. The van der Waals surface area contributed by atoms with Gasteiger partial charge in [-0.15, -0.1) is 0 Å². The van der Waals surface area contributed by atoms with E-state index in [0.29, 0.717) is 0 Å². The van der Waals surface area contributed by atoms with Gasteiger partial charge in [0.1, 0.15) is 6.54 Å². The summed E-state index contributed by atoms with van der Waals surface area (Å²) < 4.78 is 10.6. The van der Waals surface area contributed by atoms with Crippen LogP contribution in [0.4, 0.5) is 0 Å². The molecule has 0 radical (unpaired) electrons. The van der Waals surface area contributed by atoms with Crippen molar-refractivity contribution in [1.29, 1.82) is 0 Å². The molecule has 0 bridgehead atoms. The van der Waals surface area contributed by atoms with Crippen LogP contribution in [-0.4, -0.2) is 26.5 Å². The number of nitrogens with one attached hydrogen (secondary N) is 1. The topological polar surface area (TPSA) is 32.4 Å². The van der Waals surface area contributed by atoms with Gasteiger partial charge in [0.25, 0.3) is 0 Å². The highest BCUT2D eigenvalue weighted by atomic mass is 35.5. The summed E-state index contributed by atoms with van der Waals surface area (Å²) in [5.74, 6) is 1.60. The van der Waals surface area contributed by atoms with E-state index < -0.39 is 0 Å².